The fourth-order valence-corrected chi connectivity index (χ4v) is 11.6. The third-order valence-electron chi connectivity index (χ3n) is 16.0. The Morgan fingerprint density at radius 2 is 0.548 bits per heavy atom. The Balaban J connectivity index is 5.41. The Morgan fingerprint density at radius 1 is 0.288 bits per heavy atom. The number of allylic oxidation sites excluding steroid dienone is 25. The molecule has 0 saturated carbocycles. The van der Waals surface area contributed by atoms with Crippen LogP contribution in [-0.2, 0) is 65.4 Å². The summed E-state index contributed by atoms with van der Waals surface area (Å²) in [7, 11) is -10.0. The molecular formula is C85H140O17P2. The maximum Gasteiger partial charge on any atom is 0.472 e. The summed E-state index contributed by atoms with van der Waals surface area (Å²) in [5.74, 6) is -2.37. The van der Waals surface area contributed by atoms with Crippen molar-refractivity contribution in [3.63, 3.8) is 0 Å². The number of unbranched alkanes of at least 4 members (excludes halogenated alkanes) is 22. The van der Waals surface area contributed by atoms with Crippen LogP contribution >= 0.6 is 15.6 Å². The van der Waals surface area contributed by atoms with Crippen molar-refractivity contribution >= 4 is 39.5 Å². The Kier molecular flexibility index (Phi) is 72.0. The molecule has 0 aliphatic carbocycles. The van der Waals surface area contributed by atoms with E-state index < -0.39 is 97.5 Å². The number of hydrogen-bond donors (Lipinski definition) is 3. The van der Waals surface area contributed by atoms with Crippen LogP contribution in [0, 0.1) is 0 Å². The second-order valence-corrected chi connectivity index (χ2v) is 28.8. The fourth-order valence-electron chi connectivity index (χ4n) is 9.98. The highest BCUT2D eigenvalue weighted by molar-refractivity contribution is 7.47. The van der Waals surface area contributed by atoms with E-state index in [4.69, 9.17) is 37.0 Å². The minimum absolute atomic E-state index is 0.0746. The molecular weight excluding hydrogens is 1350 g/mol. The first-order valence-electron chi connectivity index (χ1n) is 39.7. The number of aliphatic hydroxyl groups is 1. The Labute approximate surface area is 629 Å². The zero-order chi connectivity index (χ0) is 76.0. The monoisotopic (exact) mass is 1490 g/mol. The van der Waals surface area contributed by atoms with Gasteiger partial charge >= 0.3 is 39.5 Å². The average Bonchev–Trinajstić information content (AvgIpc) is 0.924. The number of carbonyl (C=O) groups is 4. The molecule has 0 fully saturated rings. The van der Waals surface area contributed by atoms with Crippen molar-refractivity contribution in [1.82, 2.24) is 0 Å². The van der Waals surface area contributed by atoms with Gasteiger partial charge in [0.05, 0.1) is 32.8 Å². The number of ether oxygens (including phenoxy) is 4. The van der Waals surface area contributed by atoms with Crippen LogP contribution in [0.4, 0.5) is 0 Å². The van der Waals surface area contributed by atoms with Gasteiger partial charge in [-0.3, -0.25) is 37.3 Å². The summed E-state index contributed by atoms with van der Waals surface area (Å²) < 4.78 is 68.4. The van der Waals surface area contributed by atoms with Gasteiger partial charge in [0, 0.05) is 19.3 Å². The standard InChI is InChI=1S/C85H140O17P2/c1-5-9-13-17-21-25-29-32-35-37-39-41-44-46-50-53-57-61-65-69-82(87)95-75-80(101-84(89)71-67-63-59-55-49-28-24-20-16-12-8-4)77-99-103(91,92)97-73-79(86)74-98-104(93,94)100-78-81(102-85(90)72-68-64-60-56-52-48-43-34-31-27-23-19-15-11-7-3)76-96-83(88)70-66-62-58-54-51-47-45-42-40-38-36-33-30-26-22-18-14-10-6-2/h10-11,14-15,20-27,32-36,39-43,52,56,64,68,79-81,86H,5-9,12-13,16-19,28-31,37-38,44-51,53-55,57-63,65-67,69-78H2,1-4H3,(H,91,92)(H,93,94)/b14-10-,15-11-,24-20-,25-21-,26-22-,27-23-,35-32-,36-33-,41-39-,42-40-,43-34-,56-52-,68-64-. The molecule has 592 valence electrons. The average molecular weight is 1500 g/mol. The molecule has 17 nitrogen and oxygen atoms in total. The highest BCUT2D eigenvalue weighted by atomic mass is 31.2. The molecule has 0 aliphatic rings. The molecule has 0 bridgehead atoms. The van der Waals surface area contributed by atoms with Gasteiger partial charge in [-0.1, -0.05) is 282 Å². The van der Waals surface area contributed by atoms with Gasteiger partial charge in [0.1, 0.15) is 19.3 Å². The van der Waals surface area contributed by atoms with E-state index in [2.05, 4.69) is 161 Å². The van der Waals surface area contributed by atoms with Crippen molar-refractivity contribution in [2.45, 2.75) is 316 Å². The number of phosphoric ester groups is 2. The van der Waals surface area contributed by atoms with Crippen LogP contribution < -0.4 is 0 Å². The summed E-state index contributed by atoms with van der Waals surface area (Å²) >= 11 is 0. The van der Waals surface area contributed by atoms with Crippen LogP contribution in [0.15, 0.2) is 158 Å². The van der Waals surface area contributed by atoms with Crippen LogP contribution in [0.25, 0.3) is 0 Å². The molecule has 5 unspecified atom stereocenters. The van der Waals surface area contributed by atoms with E-state index in [9.17, 15) is 43.2 Å². The Bertz CT molecular complexity index is 2590. The van der Waals surface area contributed by atoms with E-state index in [0.29, 0.717) is 25.7 Å². The maximum absolute atomic E-state index is 13.1. The molecule has 104 heavy (non-hydrogen) atoms. The third kappa shape index (κ3) is 74.9. The third-order valence-corrected chi connectivity index (χ3v) is 17.9. The second kappa shape index (κ2) is 75.9. The highest BCUT2D eigenvalue weighted by Crippen LogP contribution is 2.45. The lowest BCUT2D eigenvalue weighted by atomic mass is 10.1. The quantitative estimate of drug-likeness (QED) is 0.0169. The lowest BCUT2D eigenvalue weighted by Crippen LogP contribution is -2.30. The van der Waals surface area contributed by atoms with Gasteiger partial charge in [-0.05, 0) is 148 Å². The SMILES string of the molecule is CC/C=C\C/C=C\C/C=C\C/C=C\C/C=C\CC(=O)OC(COC(=O)CCCCCCCC/C=C\C/C=C\C/C=C\C/C=C\CC)COP(=O)(O)OCC(O)COP(=O)(O)OCC(COC(=O)CCCCCCCC/C=C\C/C=C\C/C=C\CCCCC)OC(=O)CCCCCCC/C=C\CCCC. The number of carbonyl (C=O) groups excluding carboxylic acids is 4. The molecule has 0 aliphatic heterocycles. The predicted molar refractivity (Wildman–Crippen MR) is 427 cm³/mol. The van der Waals surface area contributed by atoms with Crippen LogP contribution in [0.5, 0.6) is 0 Å². The molecule has 0 aromatic heterocycles. The van der Waals surface area contributed by atoms with Gasteiger partial charge in [-0.15, -0.1) is 0 Å². The van der Waals surface area contributed by atoms with Crippen LogP contribution in [0.3, 0.4) is 0 Å². The van der Waals surface area contributed by atoms with Gasteiger partial charge in [0.2, 0.25) is 0 Å². The van der Waals surface area contributed by atoms with Crippen molar-refractivity contribution in [1.29, 1.82) is 0 Å². The summed E-state index contributed by atoms with van der Waals surface area (Å²) in [5, 5.41) is 10.6. The molecule has 0 spiro atoms. The van der Waals surface area contributed by atoms with E-state index >= 15 is 0 Å². The topological polar surface area (TPSA) is 237 Å². The normalized spacial score (nSPS) is 14.7. The second-order valence-electron chi connectivity index (χ2n) is 25.9. The summed E-state index contributed by atoms with van der Waals surface area (Å²) in [6.45, 7) is 4.42. The first-order valence-corrected chi connectivity index (χ1v) is 42.7. The molecule has 3 N–H and O–H groups in total. The molecule has 0 radical (unpaired) electrons. The predicted octanol–water partition coefficient (Wildman–Crippen LogP) is 23.2. The molecule has 0 heterocycles. The molecule has 0 amide bonds. The molecule has 5 atom stereocenters. The van der Waals surface area contributed by atoms with Crippen LogP contribution in [-0.4, -0.2) is 96.7 Å². The van der Waals surface area contributed by atoms with E-state index in [-0.39, 0.29) is 25.7 Å². The summed E-state index contributed by atoms with van der Waals surface area (Å²) in [4.78, 5) is 72.9. The minimum atomic E-state index is -5.01. The maximum atomic E-state index is 13.1. The van der Waals surface area contributed by atoms with Crippen molar-refractivity contribution < 1.29 is 80.2 Å². The first-order chi connectivity index (χ1) is 50.7. The summed E-state index contributed by atoms with van der Waals surface area (Å²) in [6, 6.07) is 0. The van der Waals surface area contributed by atoms with Crippen LogP contribution in [0.1, 0.15) is 297 Å². The number of phosphoric acid groups is 2. The Hall–Kier alpha value is -5.32. The van der Waals surface area contributed by atoms with Gasteiger partial charge in [0.25, 0.3) is 0 Å². The van der Waals surface area contributed by atoms with Gasteiger partial charge < -0.3 is 33.8 Å². The van der Waals surface area contributed by atoms with Crippen molar-refractivity contribution in [2.75, 3.05) is 39.6 Å². The fraction of sp³-hybridized carbons (Fsp3) is 0.647. The number of hydrogen-bond acceptors (Lipinski definition) is 15. The summed E-state index contributed by atoms with van der Waals surface area (Å²) in [5.41, 5.74) is 0. The first kappa shape index (κ1) is 98.7. The van der Waals surface area contributed by atoms with E-state index in [1.807, 2.05) is 12.2 Å². The number of aliphatic hydroxyl groups excluding tert-OH is 1. The molecule has 19 heteroatoms. The lowest BCUT2D eigenvalue weighted by Gasteiger charge is -2.21. The van der Waals surface area contributed by atoms with E-state index in [1.54, 1.807) is 12.2 Å². The zero-order valence-electron chi connectivity index (χ0n) is 64.6. The molecule has 0 saturated heterocycles. The van der Waals surface area contributed by atoms with Crippen molar-refractivity contribution in [3.05, 3.63) is 158 Å². The summed E-state index contributed by atoms with van der Waals surface area (Å²) in [6.07, 6.45) is 88.3. The van der Waals surface area contributed by atoms with Gasteiger partial charge in [-0.25, -0.2) is 9.13 Å². The number of esters is 4. The minimum Gasteiger partial charge on any atom is -0.462 e. The molecule has 0 rings (SSSR count). The zero-order valence-corrected chi connectivity index (χ0v) is 66.4. The number of rotatable bonds is 73. The van der Waals surface area contributed by atoms with E-state index in [1.165, 1.54) is 32.1 Å². The van der Waals surface area contributed by atoms with Crippen LogP contribution in [0.2, 0.25) is 0 Å². The smallest absolute Gasteiger partial charge is 0.462 e. The molecule has 0 aromatic carbocycles. The van der Waals surface area contributed by atoms with E-state index in [0.717, 1.165) is 186 Å². The highest BCUT2D eigenvalue weighted by Gasteiger charge is 2.30. The Morgan fingerprint density at radius 3 is 0.894 bits per heavy atom. The lowest BCUT2D eigenvalue weighted by molar-refractivity contribution is -0.161. The van der Waals surface area contributed by atoms with Crippen molar-refractivity contribution in [3.8, 4) is 0 Å². The molecule has 0 aromatic rings. The van der Waals surface area contributed by atoms with Gasteiger partial charge in [0.15, 0.2) is 12.2 Å². The van der Waals surface area contributed by atoms with Gasteiger partial charge in [-0.2, -0.15) is 0 Å². The largest absolute Gasteiger partial charge is 0.472 e. The van der Waals surface area contributed by atoms with Crippen molar-refractivity contribution in [2.24, 2.45) is 0 Å².